The molecule has 0 aliphatic heterocycles. The topological polar surface area (TPSA) is 22.1 Å². The van der Waals surface area contributed by atoms with E-state index >= 15 is 0 Å². The molecule has 1 aromatic heterocycles. The van der Waals surface area contributed by atoms with Gasteiger partial charge in [-0.2, -0.15) is 0 Å². The lowest BCUT2D eigenvalue weighted by atomic mass is 9.85. The highest BCUT2D eigenvalue weighted by atomic mass is 35.5. The minimum absolute atomic E-state index is 0.371. The quantitative estimate of drug-likeness (QED) is 0.737. The van der Waals surface area contributed by atoms with Crippen LogP contribution in [0.3, 0.4) is 0 Å². The average Bonchev–Trinajstić information content (AvgIpc) is 2.38. The Morgan fingerprint density at radius 1 is 1.33 bits per heavy atom. The first-order valence-corrected chi connectivity index (χ1v) is 7.37. The molecule has 0 saturated heterocycles. The molecule has 1 aliphatic carbocycles. The number of hydrogen-bond donors (Lipinski definition) is 0. The van der Waals surface area contributed by atoms with Crippen LogP contribution in [-0.2, 0) is 11.3 Å². The number of rotatable bonds is 4. The van der Waals surface area contributed by atoms with Gasteiger partial charge in [-0.1, -0.05) is 55.5 Å². The molecule has 1 heterocycles. The second-order valence-electron chi connectivity index (χ2n) is 4.96. The molecule has 1 aromatic rings. The van der Waals surface area contributed by atoms with Crippen LogP contribution in [0.1, 0.15) is 44.6 Å². The first-order chi connectivity index (χ1) is 8.69. The monoisotopic (exact) mass is 287 g/mol. The molecule has 2 atom stereocenters. The van der Waals surface area contributed by atoms with Crippen molar-refractivity contribution in [3.05, 3.63) is 28.0 Å². The molecule has 1 aliphatic rings. The van der Waals surface area contributed by atoms with Crippen LogP contribution in [0.25, 0.3) is 0 Å². The van der Waals surface area contributed by atoms with Gasteiger partial charge < -0.3 is 4.74 Å². The van der Waals surface area contributed by atoms with Gasteiger partial charge in [0.1, 0.15) is 10.3 Å². The van der Waals surface area contributed by atoms with E-state index in [4.69, 9.17) is 27.9 Å². The van der Waals surface area contributed by atoms with E-state index < -0.39 is 0 Å². The third-order valence-corrected chi connectivity index (χ3v) is 4.22. The van der Waals surface area contributed by atoms with Crippen LogP contribution in [0.15, 0.2) is 12.1 Å². The highest BCUT2D eigenvalue weighted by molar-refractivity contribution is 6.32. The zero-order chi connectivity index (χ0) is 13.0. The molecule has 0 radical (unpaired) electrons. The number of pyridine rings is 1. The van der Waals surface area contributed by atoms with Crippen molar-refractivity contribution in [1.82, 2.24) is 4.98 Å². The fourth-order valence-electron chi connectivity index (χ4n) is 2.52. The zero-order valence-corrected chi connectivity index (χ0v) is 12.2. The van der Waals surface area contributed by atoms with E-state index in [1.54, 1.807) is 6.07 Å². The molecular weight excluding hydrogens is 269 g/mol. The molecule has 0 aromatic carbocycles. The largest absolute Gasteiger partial charge is 0.373 e. The van der Waals surface area contributed by atoms with Crippen LogP contribution in [0.4, 0.5) is 0 Å². The van der Waals surface area contributed by atoms with Crippen LogP contribution in [0.2, 0.25) is 10.3 Å². The van der Waals surface area contributed by atoms with Gasteiger partial charge in [0.25, 0.3) is 0 Å². The van der Waals surface area contributed by atoms with Gasteiger partial charge in [-0.05, 0) is 24.8 Å². The maximum atomic E-state index is 6.03. The summed E-state index contributed by atoms with van der Waals surface area (Å²) < 4.78 is 5.95. The van der Waals surface area contributed by atoms with Crippen LogP contribution in [-0.4, -0.2) is 11.1 Å². The third kappa shape index (κ3) is 3.84. The van der Waals surface area contributed by atoms with Gasteiger partial charge in [0, 0.05) is 5.56 Å². The highest BCUT2D eigenvalue weighted by Gasteiger charge is 2.21. The molecular formula is C14H19Cl2NO. The molecule has 1 fully saturated rings. The lowest BCUT2D eigenvalue weighted by Crippen LogP contribution is -2.22. The van der Waals surface area contributed by atoms with Gasteiger partial charge >= 0.3 is 0 Å². The lowest BCUT2D eigenvalue weighted by molar-refractivity contribution is 0.00170. The second kappa shape index (κ2) is 6.74. The highest BCUT2D eigenvalue weighted by Crippen LogP contribution is 2.29. The summed E-state index contributed by atoms with van der Waals surface area (Å²) in [4.78, 5) is 4.02. The van der Waals surface area contributed by atoms with Crippen LogP contribution in [0.5, 0.6) is 0 Å². The Hall–Kier alpha value is -0.310. The maximum absolute atomic E-state index is 6.03. The van der Waals surface area contributed by atoms with Crippen molar-refractivity contribution < 1.29 is 4.74 Å². The summed E-state index contributed by atoms with van der Waals surface area (Å²) in [5, 5.41) is 0.873. The van der Waals surface area contributed by atoms with E-state index in [1.807, 2.05) is 6.07 Å². The van der Waals surface area contributed by atoms with Gasteiger partial charge in [-0.15, -0.1) is 0 Å². The van der Waals surface area contributed by atoms with Gasteiger partial charge in [-0.25, -0.2) is 4.98 Å². The summed E-state index contributed by atoms with van der Waals surface area (Å²) in [6, 6.07) is 3.64. The average molecular weight is 288 g/mol. The van der Waals surface area contributed by atoms with Crippen molar-refractivity contribution in [2.45, 2.75) is 51.7 Å². The predicted octanol–water partition coefficient (Wildman–Crippen LogP) is 4.87. The molecule has 18 heavy (non-hydrogen) atoms. The Labute approximate surface area is 119 Å². The van der Waals surface area contributed by atoms with Crippen molar-refractivity contribution in [2.75, 3.05) is 0 Å². The van der Waals surface area contributed by atoms with Crippen molar-refractivity contribution in [3.8, 4) is 0 Å². The van der Waals surface area contributed by atoms with Crippen molar-refractivity contribution in [2.24, 2.45) is 5.92 Å². The molecule has 0 bridgehead atoms. The third-order valence-electron chi connectivity index (χ3n) is 3.68. The Morgan fingerprint density at radius 2 is 2.17 bits per heavy atom. The van der Waals surface area contributed by atoms with Gasteiger partial charge in [0.15, 0.2) is 0 Å². The number of hydrogen-bond acceptors (Lipinski definition) is 2. The summed E-state index contributed by atoms with van der Waals surface area (Å²) in [7, 11) is 0. The molecule has 0 N–H and O–H groups in total. The molecule has 100 valence electrons. The molecule has 0 amide bonds. The molecule has 2 rings (SSSR count). The fourth-order valence-corrected chi connectivity index (χ4v) is 2.92. The SMILES string of the molecule is CCC1CCCC(OCc2ccc(Cl)nc2Cl)C1. The smallest absolute Gasteiger partial charge is 0.136 e. The Balaban J connectivity index is 1.87. The predicted molar refractivity (Wildman–Crippen MR) is 75.1 cm³/mol. The zero-order valence-electron chi connectivity index (χ0n) is 10.7. The first-order valence-electron chi connectivity index (χ1n) is 6.61. The molecule has 0 spiro atoms. The number of aromatic nitrogens is 1. The van der Waals surface area contributed by atoms with Crippen molar-refractivity contribution in [3.63, 3.8) is 0 Å². The molecule has 2 nitrogen and oxygen atoms in total. The van der Waals surface area contributed by atoms with E-state index in [-0.39, 0.29) is 0 Å². The minimum atomic E-state index is 0.371. The van der Waals surface area contributed by atoms with Crippen molar-refractivity contribution in [1.29, 1.82) is 0 Å². The summed E-state index contributed by atoms with van der Waals surface area (Å²) in [5.41, 5.74) is 0.916. The normalized spacial score (nSPS) is 24.2. The summed E-state index contributed by atoms with van der Waals surface area (Å²) in [6.07, 6.45) is 6.58. The maximum Gasteiger partial charge on any atom is 0.136 e. The summed E-state index contributed by atoms with van der Waals surface area (Å²) in [6.45, 7) is 2.79. The van der Waals surface area contributed by atoms with E-state index in [9.17, 15) is 0 Å². The van der Waals surface area contributed by atoms with Gasteiger partial charge in [-0.3, -0.25) is 0 Å². The van der Waals surface area contributed by atoms with Crippen molar-refractivity contribution >= 4 is 23.2 Å². The van der Waals surface area contributed by atoms with Crippen LogP contribution < -0.4 is 0 Å². The Bertz CT molecular complexity index is 397. The number of nitrogens with zero attached hydrogens (tertiary/aromatic N) is 1. The van der Waals surface area contributed by atoms with E-state index in [0.717, 1.165) is 17.9 Å². The minimum Gasteiger partial charge on any atom is -0.373 e. The fraction of sp³-hybridized carbons (Fsp3) is 0.643. The lowest BCUT2D eigenvalue weighted by Gasteiger charge is -2.28. The molecule has 1 saturated carbocycles. The van der Waals surface area contributed by atoms with E-state index in [2.05, 4.69) is 11.9 Å². The summed E-state index contributed by atoms with van der Waals surface area (Å²) in [5.74, 6) is 0.822. The van der Waals surface area contributed by atoms with E-state index in [0.29, 0.717) is 23.0 Å². The summed E-state index contributed by atoms with van der Waals surface area (Å²) >= 11 is 11.8. The molecule has 4 heteroatoms. The van der Waals surface area contributed by atoms with E-state index in [1.165, 1.54) is 25.7 Å². The van der Waals surface area contributed by atoms with Gasteiger partial charge in [0.2, 0.25) is 0 Å². The van der Waals surface area contributed by atoms with Gasteiger partial charge in [0.05, 0.1) is 12.7 Å². The number of ether oxygens (including phenoxy) is 1. The molecule has 2 unspecified atom stereocenters. The Kier molecular flexibility index (Phi) is 5.28. The first kappa shape index (κ1) is 14.1. The van der Waals surface area contributed by atoms with Crippen LogP contribution in [0, 0.1) is 5.92 Å². The van der Waals surface area contributed by atoms with Crippen LogP contribution >= 0.6 is 23.2 Å². The number of halogens is 2. The standard InChI is InChI=1S/C14H19Cl2NO/c1-2-10-4-3-5-12(8-10)18-9-11-6-7-13(15)17-14(11)16/h6-7,10,12H,2-5,8-9H2,1H3. The Morgan fingerprint density at radius 3 is 2.89 bits per heavy atom. The second-order valence-corrected chi connectivity index (χ2v) is 5.70.